The standard InChI is InChI=1S/C32H48BN3O4/c1-10-24(28(34)20(2)38-9)29-26(16-30(3,4)19-37)25-15-21(33-39-31(5,6)32(7,8)40-33)11-14-27(25)36(29)23-17-35(18-23)22-12-13-22/h10-11,14-15,20,22-23,37H,1,12-13,16-19,34H2,2-9H3/b28-24+/t20-/m0/s1. The van der Waals surface area contributed by atoms with E-state index in [-0.39, 0.29) is 18.1 Å². The molecule has 7 nitrogen and oxygen atoms in total. The number of hydrogen-bond acceptors (Lipinski definition) is 6. The molecule has 8 heteroatoms. The van der Waals surface area contributed by atoms with Crippen LogP contribution in [0.3, 0.4) is 0 Å². The van der Waals surface area contributed by atoms with E-state index < -0.39 is 18.3 Å². The molecule has 0 bridgehead atoms. The zero-order valence-electron chi connectivity index (χ0n) is 25.7. The highest BCUT2D eigenvalue weighted by Crippen LogP contribution is 2.43. The lowest BCUT2D eigenvalue weighted by atomic mass is 9.77. The molecule has 5 rings (SSSR count). The van der Waals surface area contributed by atoms with E-state index in [1.807, 2.05) is 13.0 Å². The Morgan fingerprint density at radius 1 is 1.20 bits per heavy atom. The maximum atomic E-state index is 10.3. The van der Waals surface area contributed by atoms with Crippen LogP contribution in [-0.2, 0) is 20.5 Å². The Hall–Kier alpha value is -2.10. The number of aliphatic hydroxyl groups is 1. The number of ether oxygens (including phenoxy) is 1. The van der Waals surface area contributed by atoms with Crippen molar-refractivity contribution in [3.8, 4) is 0 Å². The second-order valence-corrected chi connectivity index (χ2v) is 13.9. The van der Waals surface area contributed by atoms with Crippen LogP contribution >= 0.6 is 0 Å². The summed E-state index contributed by atoms with van der Waals surface area (Å²) in [5.41, 5.74) is 11.6. The highest BCUT2D eigenvalue weighted by molar-refractivity contribution is 6.62. The van der Waals surface area contributed by atoms with Gasteiger partial charge in [0.05, 0.1) is 29.0 Å². The van der Waals surface area contributed by atoms with Crippen LogP contribution in [0.2, 0.25) is 0 Å². The number of rotatable bonds is 10. The molecule has 0 unspecified atom stereocenters. The van der Waals surface area contributed by atoms with Gasteiger partial charge in [-0.1, -0.05) is 38.6 Å². The van der Waals surface area contributed by atoms with E-state index in [9.17, 15) is 5.11 Å². The predicted octanol–water partition coefficient (Wildman–Crippen LogP) is 4.41. The molecule has 0 radical (unpaired) electrons. The Morgan fingerprint density at radius 2 is 1.82 bits per heavy atom. The van der Waals surface area contributed by atoms with Crippen molar-refractivity contribution in [2.45, 2.75) is 97.1 Å². The number of likely N-dealkylation sites (tertiary alicyclic amines) is 1. The van der Waals surface area contributed by atoms with Crippen LogP contribution in [-0.4, -0.2) is 71.8 Å². The van der Waals surface area contributed by atoms with Gasteiger partial charge < -0.3 is 29.5 Å². The van der Waals surface area contributed by atoms with Crippen LogP contribution in [0.4, 0.5) is 0 Å². The van der Waals surface area contributed by atoms with Gasteiger partial charge in [-0.25, -0.2) is 0 Å². The van der Waals surface area contributed by atoms with Crippen molar-refractivity contribution < 1.29 is 19.2 Å². The molecule has 2 aliphatic heterocycles. The Morgan fingerprint density at radius 3 is 2.35 bits per heavy atom. The van der Waals surface area contributed by atoms with Gasteiger partial charge in [0.15, 0.2) is 0 Å². The normalized spacial score (nSPS) is 22.9. The molecule has 40 heavy (non-hydrogen) atoms. The van der Waals surface area contributed by atoms with Crippen molar-refractivity contribution >= 4 is 29.1 Å². The number of allylic oxidation sites excluding steroid dienone is 2. The number of methoxy groups -OCH3 is 1. The van der Waals surface area contributed by atoms with Crippen LogP contribution < -0.4 is 11.2 Å². The molecular formula is C32H48BN3O4. The molecule has 3 aliphatic rings. The van der Waals surface area contributed by atoms with E-state index in [4.69, 9.17) is 19.8 Å². The first kappa shape index (κ1) is 29.4. The lowest BCUT2D eigenvalue weighted by molar-refractivity contribution is 0.00578. The quantitative estimate of drug-likeness (QED) is 0.338. The summed E-state index contributed by atoms with van der Waals surface area (Å²) in [6.45, 7) is 20.8. The van der Waals surface area contributed by atoms with Crippen LogP contribution in [0.5, 0.6) is 0 Å². The molecule has 2 saturated heterocycles. The zero-order valence-corrected chi connectivity index (χ0v) is 25.7. The number of nitrogens with two attached hydrogens (primary N) is 1. The number of nitrogens with zero attached hydrogens (tertiary/aromatic N) is 2. The molecule has 1 aromatic carbocycles. The minimum absolute atomic E-state index is 0.0754. The summed E-state index contributed by atoms with van der Waals surface area (Å²) >= 11 is 0. The van der Waals surface area contributed by atoms with Crippen LogP contribution in [0.25, 0.3) is 16.5 Å². The molecule has 0 amide bonds. The topological polar surface area (TPSA) is 82.1 Å². The molecule has 1 atom stereocenters. The van der Waals surface area contributed by atoms with Gasteiger partial charge in [0.2, 0.25) is 0 Å². The van der Waals surface area contributed by atoms with Crippen LogP contribution in [0, 0.1) is 5.41 Å². The summed E-state index contributed by atoms with van der Waals surface area (Å²) in [6.07, 6.45) is 4.89. The van der Waals surface area contributed by atoms with Crippen molar-refractivity contribution in [2.24, 2.45) is 11.1 Å². The number of hydrogen-bond donors (Lipinski definition) is 2. The Labute approximate surface area is 240 Å². The summed E-state index contributed by atoms with van der Waals surface area (Å²) in [4.78, 5) is 2.59. The molecule has 0 spiro atoms. The first-order chi connectivity index (χ1) is 18.7. The van der Waals surface area contributed by atoms with Gasteiger partial charge >= 0.3 is 7.12 Å². The third-order valence-corrected chi connectivity index (χ3v) is 9.62. The minimum atomic E-state index is -0.457. The fourth-order valence-electron chi connectivity index (χ4n) is 6.00. The van der Waals surface area contributed by atoms with E-state index in [0.717, 1.165) is 46.8 Å². The van der Waals surface area contributed by atoms with Crippen LogP contribution in [0.15, 0.2) is 36.6 Å². The summed E-state index contributed by atoms with van der Waals surface area (Å²) in [6, 6.07) is 7.64. The summed E-state index contributed by atoms with van der Waals surface area (Å²) in [7, 11) is 1.22. The minimum Gasteiger partial charge on any atom is -0.399 e. The maximum Gasteiger partial charge on any atom is 0.494 e. The fourth-order valence-corrected chi connectivity index (χ4v) is 6.00. The predicted molar refractivity (Wildman–Crippen MR) is 164 cm³/mol. The molecule has 2 aromatic rings. The van der Waals surface area contributed by atoms with E-state index >= 15 is 0 Å². The van der Waals surface area contributed by atoms with Crippen molar-refractivity contribution in [3.05, 3.63) is 47.8 Å². The Balaban J connectivity index is 1.73. The lowest BCUT2D eigenvalue weighted by Crippen LogP contribution is -2.49. The molecule has 3 N–H and O–H groups in total. The average Bonchev–Trinajstić information content (AvgIpc) is 3.62. The SMILES string of the molecule is C=C/C(=C(\N)[C@H](C)OC)c1c(CC(C)(C)CO)c2cc(B3OC(C)(C)C(C)(C)O3)ccc2n1C1CN(C2CC2)C1. The molecule has 1 aliphatic carbocycles. The highest BCUT2D eigenvalue weighted by Gasteiger charge is 2.52. The third-order valence-electron chi connectivity index (χ3n) is 9.62. The van der Waals surface area contributed by atoms with Gasteiger partial charge in [0.25, 0.3) is 0 Å². The average molecular weight is 550 g/mol. The lowest BCUT2D eigenvalue weighted by Gasteiger charge is -2.42. The van der Waals surface area contributed by atoms with Crippen molar-refractivity contribution in [2.75, 3.05) is 26.8 Å². The smallest absolute Gasteiger partial charge is 0.399 e. The highest BCUT2D eigenvalue weighted by atomic mass is 16.7. The van der Waals surface area contributed by atoms with Gasteiger partial charge in [-0.2, -0.15) is 0 Å². The summed E-state index contributed by atoms with van der Waals surface area (Å²) in [5.74, 6) is 0. The first-order valence-corrected chi connectivity index (χ1v) is 14.8. The van der Waals surface area contributed by atoms with E-state index in [2.05, 4.69) is 75.8 Å². The Kier molecular flexibility index (Phi) is 7.58. The Bertz CT molecular complexity index is 1300. The summed E-state index contributed by atoms with van der Waals surface area (Å²) < 4.78 is 21.0. The third kappa shape index (κ3) is 5.07. The molecule has 3 heterocycles. The van der Waals surface area contributed by atoms with Crippen molar-refractivity contribution in [1.82, 2.24) is 9.47 Å². The van der Waals surface area contributed by atoms with Gasteiger partial charge in [-0.3, -0.25) is 4.90 Å². The molecule has 218 valence electrons. The van der Waals surface area contributed by atoms with Crippen LogP contribution in [0.1, 0.15) is 78.6 Å². The number of aliphatic hydroxyl groups excluding tert-OH is 1. The van der Waals surface area contributed by atoms with Crippen molar-refractivity contribution in [3.63, 3.8) is 0 Å². The number of aromatic nitrogens is 1. The van der Waals surface area contributed by atoms with E-state index in [1.165, 1.54) is 18.4 Å². The number of fused-ring (bicyclic) bond motifs is 1. The largest absolute Gasteiger partial charge is 0.494 e. The monoisotopic (exact) mass is 549 g/mol. The van der Waals surface area contributed by atoms with E-state index in [0.29, 0.717) is 18.2 Å². The van der Waals surface area contributed by atoms with Crippen molar-refractivity contribution in [1.29, 1.82) is 0 Å². The van der Waals surface area contributed by atoms with Gasteiger partial charge in [-0.05, 0) is 76.4 Å². The second-order valence-electron chi connectivity index (χ2n) is 13.9. The zero-order chi connectivity index (χ0) is 29.2. The fraction of sp³-hybridized carbons (Fsp3) is 0.625. The number of benzene rings is 1. The van der Waals surface area contributed by atoms with Gasteiger partial charge in [0.1, 0.15) is 0 Å². The summed E-state index contributed by atoms with van der Waals surface area (Å²) in [5, 5.41) is 11.5. The first-order valence-electron chi connectivity index (χ1n) is 14.8. The van der Waals surface area contributed by atoms with Gasteiger partial charge in [-0.15, -0.1) is 0 Å². The molecule has 1 aromatic heterocycles. The molecular weight excluding hydrogens is 501 g/mol. The molecule has 3 fully saturated rings. The van der Waals surface area contributed by atoms with Gasteiger partial charge in [0, 0.05) is 55.0 Å². The maximum absolute atomic E-state index is 10.3. The van der Waals surface area contributed by atoms with E-state index in [1.54, 1.807) is 7.11 Å². The second kappa shape index (κ2) is 10.3. The molecule has 1 saturated carbocycles.